The molecule has 0 aromatic heterocycles. The van der Waals surface area contributed by atoms with Gasteiger partial charge < -0.3 is 20.5 Å². The molecule has 0 heterocycles. The zero-order valence-electron chi connectivity index (χ0n) is 14.0. The zero-order valence-corrected chi connectivity index (χ0v) is 14.0. The summed E-state index contributed by atoms with van der Waals surface area (Å²) >= 11 is 0. The monoisotopic (exact) mass is 308 g/mol. The lowest BCUT2D eigenvalue weighted by Crippen LogP contribution is -2.53. The van der Waals surface area contributed by atoms with Crippen molar-refractivity contribution in [2.75, 3.05) is 19.8 Å². The smallest absolute Gasteiger partial charge is 0.258 e. The van der Waals surface area contributed by atoms with Gasteiger partial charge in [-0.15, -0.1) is 0 Å². The van der Waals surface area contributed by atoms with E-state index in [-0.39, 0.29) is 12.5 Å². The van der Waals surface area contributed by atoms with Gasteiger partial charge in [0, 0.05) is 12.1 Å². The molecule has 3 N–H and O–H groups in total. The molecule has 0 fully saturated rings. The Bertz CT molecular complexity index is 459. The third-order valence-corrected chi connectivity index (χ3v) is 3.26. The number of hydrogen-bond acceptors (Lipinski definition) is 4. The fraction of sp³-hybridized carbons (Fsp3) is 0.588. The van der Waals surface area contributed by atoms with Crippen LogP contribution in [0, 0.1) is 5.92 Å². The molecule has 1 aromatic rings. The Hall–Kier alpha value is -1.75. The van der Waals surface area contributed by atoms with Crippen molar-refractivity contribution in [2.45, 2.75) is 39.7 Å². The Morgan fingerprint density at radius 1 is 1.23 bits per heavy atom. The van der Waals surface area contributed by atoms with Gasteiger partial charge in [-0.2, -0.15) is 0 Å². The van der Waals surface area contributed by atoms with Crippen molar-refractivity contribution in [1.82, 2.24) is 5.32 Å². The number of amides is 1. The van der Waals surface area contributed by atoms with Crippen LogP contribution in [0.1, 0.15) is 34.1 Å². The molecule has 0 aliphatic heterocycles. The Labute approximate surface area is 133 Å². The number of benzene rings is 1. The molecule has 0 aliphatic rings. The van der Waals surface area contributed by atoms with Gasteiger partial charge in [-0.3, -0.25) is 4.79 Å². The first-order valence-corrected chi connectivity index (χ1v) is 7.75. The van der Waals surface area contributed by atoms with E-state index >= 15 is 0 Å². The number of hydrogen-bond donors (Lipinski definition) is 2. The Balaban J connectivity index is 2.48. The van der Waals surface area contributed by atoms with Crippen molar-refractivity contribution in [2.24, 2.45) is 11.7 Å². The quantitative estimate of drug-likeness (QED) is 0.734. The van der Waals surface area contributed by atoms with Crippen LogP contribution in [0.3, 0.4) is 0 Å². The van der Waals surface area contributed by atoms with E-state index < -0.39 is 5.54 Å². The predicted octanol–water partition coefficient (Wildman–Crippen LogP) is 2.34. The van der Waals surface area contributed by atoms with Gasteiger partial charge in [-0.05, 0) is 50.5 Å². The molecule has 0 saturated heterocycles. The largest absolute Gasteiger partial charge is 0.494 e. The average molecular weight is 308 g/mol. The first-order valence-electron chi connectivity index (χ1n) is 7.75. The molecule has 0 spiro atoms. The first kappa shape index (κ1) is 18.3. The van der Waals surface area contributed by atoms with Gasteiger partial charge in [-0.1, -0.05) is 13.8 Å². The number of ether oxygens (including phenoxy) is 2. The number of nitrogens with one attached hydrogen (secondary N) is 1. The van der Waals surface area contributed by atoms with Crippen LogP contribution in [-0.4, -0.2) is 31.2 Å². The van der Waals surface area contributed by atoms with Crippen molar-refractivity contribution in [1.29, 1.82) is 0 Å². The predicted molar refractivity (Wildman–Crippen MR) is 88.2 cm³/mol. The van der Waals surface area contributed by atoms with Crippen molar-refractivity contribution in [3.05, 3.63) is 24.3 Å². The number of carbonyl (C=O) groups is 1. The highest BCUT2D eigenvalue weighted by Gasteiger charge is 2.25. The molecule has 124 valence electrons. The van der Waals surface area contributed by atoms with Gasteiger partial charge in [0.1, 0.15) is 11.5 Å². The van der Waals surface area contributed by atoms with Crippen molar-refractivity contribution < 1.29 is 14.3 Å². The minimum atomic E-state index is -0.395. The molecule has 1 atom stereocenters. The molecule has 1 rings (SSSR count). The summed E-state index contributed by atoms with van der Waals surface area (Å²) in [7, 11) is 0. The molecule has 1 unspecified atom stereocenters. The minimum Gasteiger partial charge on any atom is -0.494 e. The second-order valence-electron chi connectivity index (χ2n) is 6.10. The van der Waals surface area contributed by atoms with E-state index in [0.717, 1.165) is 12.2 Å². The SMILES string of the molecule is CCOc1ccc(OCC(=O)NC(C)(CN)CC(C)C)cc1. The zero-order chi connectivity index (χ0) is 16.6. The highest BCUT2D eigenvalue weighted by atomic mass is 16.5. The van der Waals surface area contributed by atoms with Gasteiger partial charge in [0.25, 0.3) is 5.91 Å². The summed E-state index contributed by atoms with van der Waals surface area (Å²) in [4.78, 5) is 12.0. The maximum Gasteiger partial charge on any atom is 0.258 e. The highest BCUT2D eigenvalue weighted by Crippen LogP contribution is 2.18. The lowest BCUT2D eigenvalue weighted by molar-refractivity contribution is -0.125. The van der Waals surface area contributed by atoms with E-state index in [1.54, 1.807) is 12.1 Å². The summed E-state index contributed by atoms with van der Waals surface area (Å²) < 4.78 is 10.8. The van der Waals surface area contributed by atoms with Crippen LogP contribution >= 0.6 is 0 Å². The van der Waals surface area contributed by atoms with Crippen LogP contribution in [0.25, 0.3) is 0 Å². The summed E-state index contributed by atoms with van der Waals surface area (Å²) in [6.45, 7) is 9.10. The topological polar surface area (TPSA) is 73.6 Å². The van der Waals surface area contributed by atoms with Gasteiger partial charge in [0.2, 0.25) is 0 Å². The van der Waals surface area contributed by atoms with Crippen LogP contribution in [0.5, 0.6) is 11.5 Å². The van der Waals surface area contributed by atoms with Crippen molar-refractivity contribution >= 4 is 5.91 Å². The normalized spacial score (nSPS) is 13.5. The lowest BCUT2D eigenvalue weighted by atomic mass is 9.91. The van der Waals surface area contributed by atoms with Crippen molar-refractivity contribution in [3.63, 3.8) is 0 Å². The molecule has 5 nitrogen and oxygen atoms in total. The molecule has 0 bridgehead atoms. The number of nitrogens with two attached hydrogens (primary N) is 1. The molecule has 1 amide bonds. The molecule has 22 heavy (non-hydrogen) atoms. The van der Waals surface area contributed by atoms with Crippen LogP contribution < -0.4 is 20.5 Å². The van der Waals surface area contributed by atoms with Crippen LogP contribution in [-0.2, 0) is 4.79 Å². The van der Waals surface area contributed by atoms with Crippen LogP contribution in [0.15, 0.2) is 24.3 Å². The maximum absolute atomic E-state index is 12.0. The number of rotatable bonds is 9. The Kier molecular flexibility index (Phi) is 7.18. The van der Waals surface area contributed by atoms with Crippen LogP contribution in [0.2, 0.25) is 0 Å². The second kappa shape index (κ2) is 8.63. The standard InChI is InChI=1S/C17H28N2O3/c1-5-21-14-6-8-15(9-7-14)22-11-16(20)19-17(4,12-18)10-13(2)3/h6-9,13H,5,10-12,18H2,1-4H3,(H,19,20). The molecular formula is C17H28N2O3. The molecule has 5 heteroatoms. The fourth-order valence-electron chi connectivity index (χ4n) is 2.41. The van der Waals surface area contributed by atoms with E-state index in [1.807, 2.05) is 26.0 Å². The van der Waals surface area contributed by atoms with E-state index in [1.165, 1.54) is 0 Å². The Morgan fingerprint density at radius 3 is 2.23 bits per heavy atom. The summed E-state index contributed by atoms with van der Waals surface area (Å²) in [6.07, 6.45) is 0.832. The summed E-state index contributed by atoms with van der Waals surface area (Å²) in [6, 6.07) is 7.21. The van der Waals surface area contributed by atoms with E-state index in [2.05, 4.69) is 19.2 Å². The van der Waals surface area contributed by atoms with E-state index in [9.17, 15) is 4.79 Å². The maximum atomic E-state index is 12.0. The van der Waals surface area contributed by atoms with Gasteiger partial charge in [0.05, 0.1) is 6.61 Å². The first-order chi connectivity index (χ1) is 10.4. The highest BCUT2D eigenvalue weighted by molar-refractivity contribution is 5.78. The summed E-state index contributed by atoms with van der Waals surface area (Å²) in [5, 5.41) is 2.96. The van der Waals surface area contributed by atoms with Gasteiger partial charge >= 0.3 is 0 Å². The van der Waals surface area contributed by atoms with Crippen LogP contribution in [0.4, 0.5) is 0 Å². The van der Waals surface area contributed by atoms with E-state index in [4.69, 9.17) is 15.2 Å². The average Bonchev–Trinajstić information content (AvgIpc) is 2.46. The third-order valence-electron chi connectivity index (χ3n) is 3.26. The second-order valence-corrected chi connectivity index (χ2v) is 6.10. The molecular weight excluding hydrogens is 280 g/mol. The van der Waals surface area contributed by atoms with Gasteiger partial charge in [-0.25, -0.2) is 0 Å². The van der Waals surface area contributed by atoms with E-state index in [0.29, 0.717) is 24.8 Å². The number of carbonyl (C=O) groups excluding carboxylic acids is 1. The Morgan fingerprint density at radius 2 is 1.77 bits per heavy atom. The molecule has 0 aliphatic carbocycles. The molecule has 1 aromatic carbocycles. The lowest BCUT2D eigenvalue weighted by Gasteiger charge is -2.31. The van der Waals surface area contributed by atoms with Gasteiger partial charge in [0.15, 0.2) is 6.61 Å². The minimum absolute atomic E-state index is 0.0261. The molecule has 0 radical (unpaired) electrons. The molecule has 0 saturated carbocycles. The fourth-order valence-corrected chi connectivity index (χ4v) is 2.41. The summed E-state index contributed by atoms with van der Waals surface area (Å²) in [5.41, 5.74) is 5.39. The summed E-state index contributed by atoms with van der Waals surface area (Å²) in [5.74, 6) is 1.72. The van der Waals surface area contributed by atoms with Crippen molar-refractivity contribution in [3.8, 4) is 11.5 Å². The third kappa shape index (κ3) is 6.35.